The van der Waals surface area contributed by atoms with Crippen LogP contribution in [0.15, 0.2) is 48.5 Å². The third kappa shape index (κ3) is 4.06. The van der Waals surface area contributed by atoms with Crippen LogP contribution < -0.4 is 4.74 Å². The maximum atomic E-state index is 13.3. The normalized spacial score (nSPS) is 13.3. The number of carbonyl (C=O) groups is 1. The molecule has 0 saturated heterocycles. The number of para-hydroxylation sites is 1. The van der Waals surface area contributed by atoms with E-state index in [1.54, 1.807) is 33.0 Å². The van der Waals surface area contributed by atoms with Gasteiger partial charge in [-0.3, -0.25) is 4.79 Å². The van der Waals surface area contributed by atoms with Crippen LogP contribution >= 0.6 is 0 Å². The van der Waals surface area contributed by atoms with Crippen molar-refractivity contribution in [3.05, 3.63) is 65.7 Å². The van der Waals surface area contributed by atoms with E-state index in [0.717, 1.165) is 12.1 Å². The Morgan fingerprint density at radius 3 is 2.30 bits per heavy atom. The van der Waals surface area contributed by atoms with E-state index >= 15 is 0 Å². The molecule has 122 valence electrons. The number of hydrogen-bond acceptors (Lipinski definition) is 2. The third-order valence-corrected chi connectivity index (χ3v) is 3.76. The van der Waals surface area contributed by atoms with Crippen molar-refractivity contribution in [2.75, 3.05) is 7.05 Å². The predicted molar refractivity (Wildman–Crippen MR) is 84.1 cm³/mol. The van der Waals surface area contributed by atoms with Gasteiger partial charge < -0.3 is 9.64 Å². The molecule has 0 aliphatic carbocycles. The van der Waals surface area contributed by atoms with E-state index in [2.05, 4.69) is 0 Å². The summed E-state index contributed by atoms with van der Waals surface area (Å²) in [6, 6.07) is 12.3. The number of nitrogens with zero attached hydrogens (tertiary/aromatic N) is 1. The number of amides is 1. The first-order chi connectivity index (χ1) is 10.9. The van der Waals surface area contributed by atoms with Gasteiger partial charge in [0, 0.05) is 7.05 Å². The molecule has 2 rings (SSSR count). The minimum Gasteiger partial charge on any atom is -0.481 e. The highest BCUT2D eigenvalue weighted by Crippen LogP contribution is 2.22. The zero-order valence-corrected chi connectivity index (χ0v) is 13.3. The number of carbonyl (C=O) groups excluding carboxylic acids is 1. The lowest BCUT2D eigenvalue weighted by atomic mass is 10.1. The summed E-state index contributed by atoms with van der Waals surface area (Å²) in [5.74, 6) is -1.48. The minimum absolute atomic E-state index is 0.244. The van der Waals surface area contributed by atoms with Crippen molar-refractivity contribution < 1.29 is 18.3 Å². The lowest BCUT2D eigenvalue weighted by Crippen LogP contribution is -2.39. The summed E-state index contributed by atoms with van der Waals surface area (Å²) in [5, 5.41) is 0. The van der Waals surface area contributed by atoms with E-state index < -0.39 is 23.8 Å². The molecule has 2 aromatic rings. The Balaban J connectivity index is 2.07. The van der Waals surface area contributed by atoms with Crippen LogP contribution in [-0.4, -0.2) is 24.0 Å². The summed E-state index contributed by atoms with van der Waals surface area (Å²) in [6.45, 7) is 3.41. The molecule has 0 bridgehead atoms. The zero-order chi connectivity index (χ0) is 17.0. The molecule has 0 aromatic heterocycles. The Hall–Kier alpha value is -2.43. The highest BCUT2D eigenvalue weighted by Gasteiger charge is 2.24. The maximum absolute atomic E-state index is 13.3. The van der Waals surface area contributed by atoms with Crippen LogP contribution in [0.1, 0.15) is 25.5 Å². The second kappa shape index (κ2) is 7.22. The predicted octanol–water partition coefficient (Wildman–Crippen LogP) is 3.95. The average Bonchev–Trinajstić information content (AvgIpc) is 2.56. The van der Waals surface area contributed by atoms with Gasteiger partial charge in [0.2, 0.25) is 0 Å². The number of benzene rings is 2. The molecule has 0 spiro atoms. The Kier molecular flexibility index (Phi) is 5.32. The molecule has 23 heavy (non-hydrogen) atoms. The molecule has 0 radical (unpaired) electrons. The summed E-state index contributed by atoms with van der Waals surface area (Å²) in [5.41, 5.74) is 0.520. The van der Waals surface area contributed by atoms with E-state index in [1.807, 2.05) is 18.2 Å². The smallest absolute Gasteiger partial charge is 0.263 e. The van der Waals surface area contributed by atoms with E-state index in [4.69, 9.17) is 4.74 Å². The van der Waals surface area contributed by atoms with Crippen molar-refractivity contribution in [2.24, 2.45) is 0 Å². The highest BCUT2D eigenvalue weighted by atomic mass is 19.2. The SMILES string of the molecule is CC(Oc1ccccc1)C(=O)N(C)C(C)c1ccc(F)c(F)c1. The van der Waals surface area contributed by atoms with Crippen LogP contribution in [-0.2, 0) is 4.79 Å². The van der Waals surface area contributed by atoms with Crippen molar-refractivity contribution >= 4 is 5.91 Å². The van der Waals surface area contributed by atoms with Gasteiger partial charge >= 0.3 is 0 Å². The molecule has 2 aromatic carbocycles. The highest BCUT2D eigenvalue weighted by molar-refractivity contribution is 5.81. The average molecular weight is 319 g/mol. The standard InChI is InChI=1S/C18H19F2NO2/c1-12(14-9-10-16(19)17(20)11-14)21(3)18(22)13(2)23-15-7-5-4-6-8-15/h4-13H,1-3H3. The van der Waals surface area contributed by atoms with Crippen molar-refractivity contribution in [1.29, 1.82) is 0 Å². The molecule has 2 atom stereocenters. The summed E-state index contributed by atoms with van der Waals surface area (Å²) in [4.78, 5) is 13.9. The summed E-state index contributed by atoms with van der Waals surface area (Å²) in [6.07, 6.45) is -0.685. The first kappa shape index (κ1) is 16.9. The molecule has 0 N–H and O–H groups in total. The molecule has 3 nitrogen and oxygen atoms in total. The van der Waals surface area contributed by atoms with Gasteiger partial charge in [-0.25, -0.2) is 8.78 Å². The molecule has 0 fully saturated rings. The lowest BCUT2D eigenvalue weighted by molar-refractivity contribution is -0.138. The fourth-order valence-electron chi connectivity index (χ4n) is 2.23. The number of ether oxygens (including phenoxy) is 1. The van der Waals surface area contributed by atoms with Crippen molar-refractivity contribution in [1.82, 2.24) is 4.90 Å². The first-order valence-electron chi connectivity index (χ1n) is 7.33. The largest absolute Gasteiger partial charge is 0.481 e. The van der Waals surface area contributed by atoms with Gasteiger partial charge in [-0.1, -0.05) is 24.3 Å². The van der Waals surface area contributed by atoms with E-state index in [1.165, 1.54) is 11.0 Å². The third-order valence-electron chi connectivity index (χ3n) is 3.76. The second-order valence-electron chi connectivity index (χ2n) is 5.37. The molecular weight excluding hydrogens is 300 g/mol. The van der Waals surface area contributed by atoms with Crippen LogP contribution in [0.5, 0.6) is 5.75 Å². The Morgan fingerprint density at radius 1 is 1.04 bits per heavy atom. The quantitative estimate of drug-likeness (QED) is 0.835. The van der Waals surface area contributed by atoms with Gasteiger partial charge in [-0.05, 0) is 43.7 Å². The minimum atomic E-state index is -0.927. The Labute approximate surface area is 134 Å². The maximum Gasteiger partial charge on any atom is 0.263 e. The van der Waals surface area contributed by atoms with Crippen molar-refractivity contribution in [3.63, 3.8) is 0 Å². The van der Waals surface area contributed by atoms with Crippen molar-refractivity contribution in [3.8, 4) is 5.75 Å². The van der Waals surface area contributed by atoms with Crippen molar-refractivity contribution in [2.45, 2.75) is 26.0 Å². The summed E-state index contributed by atoms with van der Waals surface area (Å²) < 4.78 is 32.0. The van der Waals surface area contributed by atoms with E-state index in [-0.39, 0.29) is 5.91 Å². The monoisotopic (exact) mass is 319 g/mol. The van der Waals surface area contributed by atoms with Crippen LogP contribution in [0.3, 0.4) is 0 Å². The Morgan fingerprint density at radius 2 is 1.70 bits per heavy atom. The summed E-state index contributed by atoms with van der Waals surface area (Å²) in [7, 11) is 1.61. The van der Waals surface area contributed by atoms with Gasteiger partial charge in [-0.15, -0.1) is 0 Å². The molecule has 0 saturated carbocycles. The zero-order valence-electron chi connectivity index (χ0n) is 13.3. The first-order valence-corrected chi connectivity index (χ1v) is 7.33. The van der Waals surface area contributed by atoms with Gasteiger partial charge in [0.1, 0.15) is 5.75 Å². The van der Waals surface area contributed by atoms with E-state index in [9.17, 15) is 13.6 Å². The van der Waals surface area contributed by atoms with Crippen LogP contribution in [0.4, 0.5) is 8.78 Å². The molecule has 0 aliphatic rings. The van der Waals surface area contributed by atoms with Crippen LogP contribution in [0.25, 0.3) is 0 Å². The number of rotatable bonds is 5. The summed E-state index contributed by atoms with van der Waals surface area (Å²) >= 11 is 0. The number of likely N-dealkylation sites (N-methyl/N-ethyl adjacent to an activating group) is 1. The molecule has 5 heteroatoms. The number of hydrogen-bond donors (Lipinski definition) is 0. The van der Waals surface area contributed by atoms with Crippen LogP contribution in [0.2, 0.25) is 0 Å². The fourth-order valence-corrected chi connectivity index (χ4v) is 2.23. The van der Waals surface area contributed by atoms with Gasteiger partial charge in [0.25, 0.3) is 5.91 Å². The molecular formula is C18H19F2NO2. The number of halogens is 2. The molecule has 2 unspecified atom stereocenters. The molecule has 0 aliphatic heterocycles. The molecule has 0 heterocycles. The van der Waals surface area contributed by atoms with Crippen LogP contribution in [0, 0.1) is 11.6 Å². The lowest BCUT2D eigenvalue weighted by Gasteiger charge is -2.28. The van der Waals surface area contributed by atoms with Gasteiger partial charge in [0.05, 0.1) is 6.04 Å². The van der Waals surface area contributed by atoms with Gasteiger partial charge in [0.15, 0.2) is 17.7 Å². The Bertz CT molecular complexity index is 676. The van der Waals surface area contributed by atoms with E-state index in [0.29, 0.717) is 11.3 Å². The van der Waals surface area contributed by atoms with Gasteiger partial charge in [-0.2, -0.15) is 0 Å². The molecule has 1 amide bonds. The topological polar surface area (TPSA) is 29.5 Å². The second-order valence-corrected chi connectivity index (χ2v) is 5.37. The fraction of sp³-hybridized carbons (Fsp3) is 0.278.